The van der Waals surface area contributed by atoms with Gasteiger partial charge in [0, 0.05) is 13.1 Å². The van der Waals surface area contributed by atoms with Crippen LogP contribution in [-0.4, -0.2) is 39.5 Å². The van der Waals surface area contributed by atoms with Gasteiger partial charge in [-0.25, -0.2) is 13.1 Å². The fourth-order valence-corrected chi connectivity index (χ4v) is 3.84. The molecule has 0 atom stereocenters. The van der Waals surface area contributed by atoms with E-state index in [1.165, 1.54) is 0 Å². The van der Waals surface area contributed by atoms with Crippen LogP contribution in [0.15, 0.2) is 29.2 Å². The van der Waals surface area contributed by atoms with Crippen LogP contribution in [0.25, 0.3) is 0 Å². The van der Waals surface area contributed by atoms with Gasteiger partial charge in [-0.2, -0.15) is 0 Å². The summed E-state index contributed by atoms with van der Waals surface area (Å²) in [6.45, 7) is 6.22. The highest BCUT2D eigenvalue weighted by Gasteiger charge is 2.21. The topological polar surface area (TPSA) is 75.4 Å². The summed E-state index contributed by atoms with van der Waals surface area (Å²) in [5.41, 5.74) is 6.39. The van der Waals surface area contributed by atoms with Crippen molar-refractivity contribution in [3.63, 3.8) is 0 Å². The Bertz CT molecular complexity index is 552. The Hall–Kier alpha value is -0.950. The maximum atomic E-state index is 12.3. The maximum Gasteiger partial charge on any atom is 0.240 e. The van der Waals surface area contributed by atoms with E-state index < -0.39 is 10.0 Å². The Balaban J connectivity index is 1.92. The van der Waals surface area contributed by atoms with Gasteiger partial charge < -0.3 is 10.6 Å². The lowest BCUT2D eigenvalue weighted by Gasteiger charge is -2.30. The van der Waals surface area contributed by atoms with E-state index in [-0.39, 0.29) is 0 Å². The third kappa shape index (κ3) is 4.51. The quantitative estimate of drug-likeness (QED) is 0.826. The van der Waals surface area contributed by atoms with Crippen molar-refractivity contribution in [2.24, 2.45) is 11.7 Å². The predicted molar refractivity (Wildman–Crippen MR) is 84.4 cm³/mol. The van der Waals surface area contributed by atoms with Crippen LogP contribution < -0.4 is 10.5 Å². The molecule has 0 unspecified atom stereocenters. The number of rotatable bonds is 6. The van der Waals surface area contributed by atoms with Gasteiger partial charge in [0.15, 0.2) is 0 Å². The largest absolute Gasteiger partial charge is 0.326 e. The normalized spacial score (nSPS) is 18.0. The Morgan fingerprint density at radius 3 is 2.67 bits per heavy atom. The summed E-state index contributed by atoms with van der Waals surface area (Å²) in [4.78, 5) is 2.70. The predicted octanol–water partition coefficient (Wildman–Crippen LogP) is 1.16. The Morgan fingerprint density at radius 1 is 1.33 bits per heavy atom. The molecule has 0 aliphatic carbocycles. The van der Waals surface area contributed by atoms with Crippen molar-refractivity contribution >= 4 is 10.0 Å². The Kier molecular flexibility index (Phi) is 5.75. The van der Waals surface area contributed by atoms with Gasteiger partial charge in [0.25, 0.3) is 0 Å². The smallest absolute Gasteiger partial charge is 0.240 e. The molecule has 3 N–H and O–H groups in total. The molecule has 6 heteroatoms. The lowest BCUT2D eigenvalue weighted by Crippen LogP contribution is -2.38. The molecule has 0 aromatic heterocycles. The molecular formula is C15H25N3O2S. The lowest BCUT2D eigenvalue weighted by atomic mass is 9.97. The Labute approximate surface area is 127 Å². The minimum Gasteiger partial charge on any atom is -0.326 e. The summed E-state index contributed by atoms with van der Waals surface area (Å²) in [6, 6.07) is 6.82. The minimum atomic E-state index is -3.43. The average molecular weight is 311 g/mol. The molecule has 1 saturated heterocycles. The van der Waals surface area contributed by atoms with E-state index in [9.17, 15) is 8.42 Å². The highest BCUT2D eigenvalue weighted by Crippen LogP contribution is 2.17. The molecule has 1 aliphatic rings. The van der Waals surface area contributed by atoms with Crippen molar-refractivity contribution in [1.29, 1.82) is 0 Å². The van der Waals surface area contributed by atoms with Gasteiger partial charge in [-0.05, 0) is 56.1 Å². The number of nitrogens with one attached hydrogen (secondary N) is 1. The summed E-state index contributed by atoms with van der Waals surface area (Å²) in [5, 5.41) is 0. The van der Waals surface area contributed by atoms with Crippen molar-refractivity contribution in [3.8, 4) is 0 Å². The van der Waals surface area contributed by atoms with E-state index in [0.717, 1.165) is 38.0 Å². The molecule has 0 spiro atoms. The monoisotopic (exact) mass is 311 g/mol. The molecule has 0 bridgehead atoms. The number of nitrogens with zero attached hydrogens (tertiary/aromatic N) is 1. The van der Waals surface area contributed by atoms with Crippen molar-refractivity contribution in [2.45, 2.75) is 31.2 Å². The van der Waals surface area contributed by atoms with E-state index in [1.54, 1.807) is 18.2 Å². The molecule has 1 aromatic rings. The van der Waals surface area contributed by atoms with E-state index in [2.05, 4.69) is 16.5 Å². The molecule has 1 heterocycles. The highest BCUT2D eigenvalue weighted by atomic mass is 32.2. The first-order valence-electron chi connectivity index (χ1n) is 7.56. The van der Waals surface area contributed by atoms with Crippen LogP contribution in [0.4, 0.5) is 0 Å². The van der Waals surface area contributed by atoms with Gasteiger partial charge in [-0.15, -0.1) is 0 Å². The number of hydrogen-bond donors (Lipinski definition) is 2. The summed E-state index contributed by atoms with van der Waals surface area (Å²) >= 11 is 0. The van der Waals surface area contributed by atoms with Gasteiger partial charge in [0.1, 0.15) is 0 Å². The third-order valence-electron chi connectivity index (χ3n) is 4.16. The number of likely N-dealkylation sites (tertiary alicyclic amines) is 1. The van der Waals surface area contributed by atoms with Crippen molar-refractivity contribution in [1.82, 2.24) is 9.62 Å². The van der Waals surface area contributed by atoms with Crippen LogP contribution in [0.5, 0.6) is 0 Å². The molecule has 5 nitrogen and oxygen atoms in total. The first-order valence-corrected chi connectivity index (χ1v) is 9.04. The molecule has 2 rings (SSSR count). The summed E-state index contributed by atoms with van der Waals surface area (Å²) in [5.74, 6) is 0.431. The molecule has 118 valence electrons. The molecule has 1 aromatic carbocycles. The minimum absolute atomic E-state index is 0.302. The number of piperidine rings is 1. The summed E-state index contributed by atoms with van der Waals surface area (Å²) < 4.78 is 27.3. The maximum absolute atomic E-state index is 12.3. The number of hydrogen-bond acceptors (Lipinski definition) is 4. The van der Waals surface area contributed by atoms with Gasteiger partial charge in [-0.3, -0.25) is 0 Å². The van der Waals surface area contributed by atoms with Gasteiger partial charge in [0.2, 0.25) is 10.0 Å². The number of nitrogens with two attached hydrogens (primary N) is 1. The van der Waals surface area contributed by atoms with Crippen molar-refractivity contribution in [3.05, 3.63) is 29.8 Å². The first-order chi connectivity index (χ1) is 10.0. The van der Waals surface area contributed by atoms with Crippen LogP contribution in [0.3, 0.4) is 0 Å². The van der Waals surface area contributed by atoms with E-state index in [4.69, 9.17) is 5.73 Å². The number of sulfonamides is 1. The van der Waals surface area contributed by atoms with Crippen LogP contribution >= 0.6 is 0 Å². The second kappa shape index (κ2) is 7.35. The van der Waals surface area contributed by atoms with Crippen LogP contribution in [0.1, 0.15) is 25.3 Å². The average Bonchev–Trinajstić information content (AvgIpc) is 2.53. The van der Waals surface area contributed by atoms with Gasteiger partial charge in [0.05, 0.1) is 4.90 Å². The van der Waals surface area contributed by atoms with Gasteiger partial charge >= 0.3 is 0 Å². The second-order valence-electron chi connectivity index (χ2n) is 5.58. The molecule has 0 radical (unpaired) electrons. The molecule has 0 amide bonds. The fourth-order valence-electron chi connectivity index (χ4n) is 2.66. The van der Waals surface area contributed by atoms with Gasteiger partial charge in [-0.1, -0.05) is 19.1 Å². The van der Waals surface area contributed by atoms with E-state index in [1.807, 2.05) is 6.07 Å². The zero-order chi connectivity index (χ0) is 15.3. The molecular weight excluding hydrogens is 286 g/mol. The first kappa shape index (κ1) is 16.4. The zero-order valence-electron chi connectivity index (χ0n) is 12.6. The Morgan fingerprint density at radius 2 is 2.05 bits per heavy atom. The van der Waals surface area contributed by atoms with E-state index >= 15 is 0 Å². The standard InChI is InChI=1S/C15H25N3O2S/c1-2-18-8-6-13(7-9-18)12-17-21(19,20)15-5-3-4-14(10-15)11-16/h3-5,10,13,17H,2,6-9,11-12,16H2,1H3. The van der Waals surface area contributed by atoms with Crippen molar-refractivity contribution in [2.75, 3.05) is 26.2 Å². The van der Waals surface area contributed by atoms with Crippen LogP contribution in [-0.2, 0) is 16.6 Å². The molecule has 1 fully saturated rings. The summed E-state index contributed by atoms with van der Waals surface area (Å²) in [6.07, 6.45) is 2.11. The van der Waals surface area contributed by atoms with E-state index in [0.29, 0.717) is 23.9 Å². The fraction of sp³-hybridized carbons (Fsp3) is 0.600. The molecule has 1 aliphatic heterocycles. The van der Waals surface area contributed by atoms with Crippen molar-refractivity contribution < 1.29 is 8.42 Å². The lowest BCUT2D eigenvalue weighted by molar-refractivity contribution is 0.194. The SMILES string of the molecule is CCN1CCC(CNS(=O)(=O)c2cccc(CN)c2)CC1. The third-order valence-corrected chi connectivity index (χ3v) is 5.58. The molecule has 0 saturated carbocycles. The highest BCUT2D eigenvalue weighted by molar-refractivity contribution is 7.89. The second-order valence-corrected chi connectivity index (χ2v) is 7.35. The zero-order valence-corrected chi connectivity index (χ0v) is 13.4. The molecule has 21 heavy (non-hydrogen) atoms. The summed E-state index contributed by atoms with van der Waals surface area (Å²) in [7, 11) is -3.43. The van der Waals surface area contributed by atoms with Crippen LogP contribution in [0.2, 0.25) is 0 Å². The van der Waals surface area contributed by atoms with Crippen LogP contribution in [0, 0.1) is 5.92 Å². The number of benzene rings is 1.